The van der Waals surface area contributed by atoms with Crippen molar-refractivity contribution in [3.8, 4) is 0 Å². The molecule has 0 saturated heterocycles. The molecule has 98 valence electrons. The molecule has 2 aromatic rings. The summed E-state index contributed by atoms with van der Waals surface area (Å²) in [6.07, 6.45) is 2.98. The molecule has 0 N–H and O–H groups in total. The number of carbonyl (C=O) groups is 1. The number of carbonyl (C=O) groups excluding carboxylic acids is 1. The minimum atomic E-state index is -0.452. The van der Waals surface area contributed by atoms with Crippen molar-refractivity contribution in [2.24, 2.45) is 0 Å². The quantitative estimate of drug-likeness (QED) is 0.792. The minimum absolute atomic E-state index is 0.231. The molecule has 0 saturated carbocycles. The van der Waals surface area contributed by atoms with Gasteiger partial charge in [-0.15, -0.1) is 0 Å². The average molecular weight is 256 g/mol. The van der Waals surface area contributed by atoms with Crippen molar-refractivity contribution in [3.05, 3.63) is 58.7 Å². The van der Waals surface area contributed by atoms with E-state index in [1.54, 1.807) is 6.20 Å². The maximum atomic E-state index is 11.8. The molecule has 1 aromatic heterocycles. The van der Waals surface area contributed by atoms with Crippen LogP contribution >= 0.6 is 0 Å². The Morgan fingerprint density at radius 1 is 1.05 bits per heavy atom. The van der Waals surface area contributed by atoms with Crippen LogP contribution in [0.15, 0.2) is 30.6 Å². The smallest absolute Gasteiger partial charge is 0.358 e. The first-order valence-electron chi connectivity index (χ1n) is 6.07. The van der Waals surface area contributed by atoms with Crippen molar-refractivity contribution in [2.45, 2.75) is 27.4 Å². The van der Waals surface area contributed by atoms with Gasteiger partial charge in [-0.1, -0.05) is 29.3 Å². The lowest BCUT2D eigenvalue weighted by Gasteiger charge is -2.06. The van der Waals surface area contributed by atoms with E-state index in [1.165, 1.54) is 6.20 Å². The van der Waals surface area contributed by atoms with Gasteiger partial charge in [0.15, 0.2) is 5.69 Å². The molecule has 0 atom stereocenters. The van der Waals surface area contributed by atoms with E-state index in [0.29, 0.717) is 0 Å². The lowest BCUT2D eigenvalue weighted by atomic mass is 10.1. The van der Waals surface area contributed by atoms with Crippen LogP contribution in [0, 0.1) is 20.8 Å². The molecule has 0 fully saturated rings. The van der Waals surface area contributed by atoms with E-state index in [0.717, 1.165) is 22.4 Å². The predicted octanol–water partition coefficient (Wildman–Crippen LogP) is 2.76. The van der Waals surface area contributed by atoms with Crippen molar-refractivity contribution in [3.63, 3.8) is 0 Å². The fraction of sp³-hybridized carbons (Fsp3) is 0.267. The zero-order valence-corrected chi connectivity index (χ0v) is 11.3. The van der Waals surface area contributed by atoms with Gasteiger partial charge >= 0.3 is 5.97 Å². The van der Waals surface area contributed by atoms with Crippen molar-refractivity contribution >= 4 is 5.97 Å². The number of nitrogens with zero attached hydrogens (tertiary/aromatic N) is 2. The van der Waals surface area contributed by atoms with Crippen molar-refractivity contribution in [1.82, 2.24) is 9.97 Å². The van der Waals surface area contributed by atoms with E-state index in [1.807, 2.05) is 32.9 Å². The summed E-state index contributed by atoms with van der Waals surface area (Å²) < 4.78 is 5.22. The zero-order valence-electron chi connectivity index (χ0n) is 11.3. The van der Waals surface area contributed by atoms with Crippen LogP contribution in [-0.4, -0.2) is 15.9 Å². The molecule has 0 bridgehead atoms. The van der Waals surface area contributed by atoms with Gasteiger partial charge in [0.1, 0.15) is 6.61 Å². The Kier molecular flexibility index (Phi) is 3.90. The Labute approximate surface area is 112 Å². The van der Waals surface area contributed by atoms with Crippen LogP contribution in [0.1, 0.15) is 32.9 Å². The van der Waals surface area contributed by atoms with Crippen molar-refractivity contribution in [1.29, 1.82) is 0 Å². The first-order valence-corrected chi connectivity index (χ1v) is 6.07. The summed E-state index contributed by atoms with van der Waals surface area (Å²) in [5.74, 6) is -0.452. The molecule has 1 heterocycles. The first kappa shape index (κ1) is 13.2. The molecule has 0 aliphatic heterocycles. The summed E-state index contributed by atoms with van der Waals surface area (Å²) in [5, 5.41) is 0. The molecule has 2 rings (SSSR count). The number of hydrogen-bond acceptors (Lipinski definition) is 4. The molecule has 0 aliphatic rings. The second kappa shape index (κ2) is 5.61. The van der Waals surface area contributed by atoms with Gasteiger partial charge in [0, 0.05) is 6.20 Å². The van der Waals surface area contributed by atoms with Crippen LogP contribution in [-0.2, 0) is 11.3 Å². The summed E-state index contributed by atoms with van der Waals surface area (Å²) in [6.45, 7) is 6.10. The molecular weight excluding hydrogens is 240 g/mol. The summed E-state index contributed by atoms with van der Waals surface area (Å²) >= 11 is 0. The summed E-state index contributed by atoms with van der Waals surface area (Å²) in [5.41, 5.74) is 4.29. The maximum absolute atomic E-state index is 11.8. The Balaban J connectivity index is 2.02. The fourth-order valence-corrected chi connectivity index (χ4v) is 1.87. The third kappa shape index (κ3) is 3.61. The highest BCUT2D eigenvalue weighted by Crippen LogP contribution is 2.10. The van der Waals surface area contributed by atoms with Gasteiger partial charge in [0.25, 0.3) is 0 Å². The van der Waals surface area contributed by atoms with Crippen molar-refractivity contribution in [2.75, 3.05) is 0 Å². The van der Waals surface area contributed by atoms with Crippen LogP contribution in [0.5, 0.6) is 0 Å². The van der Waals surface area contributed by atoms with E-state index < -0.39 is 5.97 Å². The zero-order chi connectivity index (χ0) is 13.8. The van der Waals surface area contributed by atoms with Crippen LogP contribution < -0.4 is 0 Å². The number of hydrogen-bond donors (Lipinski definition) is 0. The van der Waals surface area contributed by atoms with E-state index in [-0.39, 0.29) is 12.3 Å². The third-order valence-electron chi connectivity index (χ3n) is 2.64. The molecule has 4 nitrogen and oxygen atoms in total. The van der Waals surface area contributed by atoms with Crippen LogP contribution in [0.2, 0.25) is 0 Å². The average Bonchev–Trinajstić information content (AvgIpc) is 2.36. The van der Waals surface area contributed by atoms with E-state index >= 15 is 0 Å². The Bertz CT molecular complexity index is 571. The molecule has 4 heteroatoms. The van der Waals surface area contributed by atoms with Gasteiger partial charge < -0.3 is 4.74 Å². The van der Waals surface area contributed by atoms with E-state index in [4.69, 9.17) is 4.74 Å². The number of benzene rings is 1. The highest BCUT2D eigenvalue weighted by atomic mass is 16.5. The predicted molar refractivity (Wildman–Crippen MR) is 71.8 cm³/mol. The van der Waals surface area contributed by atoms with Crippen molar-refractivity contribution < 1.29 is 9.53 Å². The van der Waals surface area contributed by atoms with Gasteiger partial charge in [0.2, 0.25) is 0 Å². The lowest BCUT2D eigenvalue weighted by molar-refractivity contribution is 0.0465. The molecule has 1 aromatic carbocycles. The van der Waals surface area contributed by atoms with Gasteiger partial charge in [-0.2, -0.15) is 0 Å². The molecule has 0 radical (unpaired) electrons. The first-order chi connectivity index (χ1) is 9.04. The summed E-state index contributed by atoms with van der Waals surface area (Å²) in [4.78, 5) is 19.8. The van der Waals surface area contributed by atoms with Gasteiger partial charge in [0.05, 0.1) is 11.9 Å². The Hall–Kier alpha value is -2.23. The highest BCUT2D eigenvalue weighted by Gasteiger charge is 2.09. The number of rotatable bonds is 3. The monoisotopic (exact) mass is 256 g/mol. The molecule has 0 unspecified atom stereocenters. The molecule has 19 heavy (non-hydrogen) atoms. The number of aryl methyl sites for hydroxylation is 3. The largest absolute Gasteiger partial charge is 0.456 e. The number of ether oxygens (including phenoxy) is 1. The highest BCUT2D eigenvalue weighted by molar-refractivity contribution is 5.86. The second-order valence-corrected chi connectivity index (χ2v) is 4.62. The van der Waals surface area contributed by atoms with Gasteiger partial charge in [-0.05, 0) is 26.3 Å². The molecular formula is C15H16N2O2. The lowest BCUT2D eigenvalue weighted by Crippen LogP contribution is -2.08. The van der Waals surface area contributed by atoms with Crippen LogP contribution in [0.4, 0.5) is 0 Å². The summed E-state index contributed by atoms with van der Waals surface area (Å²) in [6, 6.07) is 6.08. The van der Waals surface area contributed by atoms with Gasteiger partial charge in [-0.25, -0.2) is 9.78 Å². The SMILES string of the molecule is Cc1cc(C)cc(COC(=O)c2cnc(C)cn2)c1. The Morgan fingerprint density at radius 3 is 2.32 bits per heavy atom. The number of aromatic nitrogens is 2. The second-order valence-electron chi connectivity index (χ2n) is 4.62. The minimum Gasteiger partial charge on any atom is -0.456 e. The molecule has 0 amide bonds. The Morgan fingerprint density at radius 2 is 1.74 bits per heavy atom. The topological polar surface area (TPSA) is 52.1 Å². The van der Waals surface area contributed by atoms with Crippen LogP contribution in [0.3, 0.4) is 0 Å². The standard InChI is InChI=1S/C15H16N2O2/c1-10-4-11(2)6-13(5-10)9-19-15(18)14-8-16-12(3)7-17-14/h4-8H,9H2,1-3H3. The summed E-state index contributed by atoms with van der Waals surface area (Å²) in [7, 11) is 0. The maximum Gasteiger partial charge on any atom is 0.358 e. The van der Waals surface area contributed by atoms with Gasteiger partial charge in [-0.3, -0.25) is 4.98 Å². The van der Waals surface area contributed by atoms with E-state index in [9.17, 15) is 4.79 Å². The fourth-order valence-electron chi connectivity index (χ4n) is 1.87. The number of esters is 1. The van der Waals surface area contributed by atoms with E-state index in [2.05, 4.69) is 16.0 Å². The third-order valence-corrected chi connectivity index (χ3v) is 2.64. The van der Waals surface area contributed by atoms with Crippen LogP contribution in [0.25, 0.3) is 0 Å². The molecule has 0 spiro atoms. The normalized spacial score (nSPS) is 10.3. The molecule has 0 aliphatic carbocycles.